The smallest absolute Gasteiger partial charge is 1.00 e. The molecule has 0 heterocycles. The topological polar surface area (TPSA) is 60.4 Å². The summed E-state index contributed by atoms with van der Waals surface area (Å²) < 4.78 is 24.1. The standard InChI is InChI=1S/BrH.HI.K.2Na.H2O3S/c;;;;;1-4(2)3/h2*1H;;;;(H2,1,2,3)/q;;3*+1;/p-3. The van der Waals surface area contributed by atoms with E-state index in [4.69, 9.17) is 13.3 Å². The van der Waals surface area contributed by atoms with Gasteiger partial charge in [-0.2, -0.15) is 0 Å². The van der Waals surface area contributed by atoms with E-state index in [1.54, 1.807) is 0 Å². The Labute approximate surface area is 171 Å². The molecule has 1 unspecified atom stereocenters. The second-order valence-electron chi connectivity index (χ2n) is 0.217. The van der Waals surface area contributed by atoms with Crippen LogP contribution in [0.3, 0.4) is 0 Å². The van der Waals surface area contributed by atoms with Gasteiger partial charge in [-0.3, -0.25) is 0 Å². The second-order valence-corrected chi connectivity index (χ2v) is 0.651. The van der Waals surface area contributed by atoms with E-state index in [2.05, 4.69) is 0 Å². The zero-order valence-electron chi connectivity index (χ0n) is 5.43. The van der Waals surface area contributed by atoms with Crippen molar-refractivity contribution in [3.63, 3.8) is 0 Å². The van der Waals surface area contributed by atoms with Gasteiger partial charge in [-0.15, -0.1) is 0 Å². The molecular weight excluding hydrogens is 372 g/mol. The molecule has 0 spiro atoms. The van der Waals surface area contributed by atoms with Crippen LogP contribution in [0.2, 0.25) is 0 Å². The first kappa shape index (κ1) is 37.0. The predicted molar refractivity (Wildman–Crippen MR) is 11.5 cm³/mol. The monoisotopic (exact) mass is 372 g/mol. The maximum atomic E-state index is 8.56. The summed E-state index contributed by atoms with van der Waals surface area (Å²) in [5, 5.41) is 0. The first-order valence-corrected chi connectivity index (χ1v) is 1.55. The van der Waals surface area contributed by atoms with Gasteiger partial charge in [0.2, 0.25) is 0 Å². The van der Waals surface area contributed by atoms with Crippen molar-refractivity contribution in [2.24, 2.45) is 0 Å². The normalized spacial score (nSPS) is 6.89. The molecule has 3 nitrogen and oxygen atoms in total. The summed E-state index contributed by atoms with van der Waals surface area (Å²) in [7, 11) is 0. The molecule has 0 fully saturated rings. The first-order chi connectivity index (χ1) is 1.73. The summed E-state index contributed by atoms with van der Waals surface area (Å²) in [6.45, 7) is 0. The Kier molecular flexibility index (Phi) is 120. The maximum absolute atomic E-state index is 8.56. The van der Waals surface area contributed by atoms with Gasteiger partial charge in [0, 0.05) is 0 Å². The molecule has 1 N–H and O–H groups in total. The van der Waals surface area contributed by atoms with E-state index in [9.17, 15) is 0 Å². The van der Waals surface area contributed by atoms with Crippen LogP contribution in [0.25, 0.3) is 0 Å². The van der Waals surface area contributed by atoms with Crippen LogP contribution in [-0.2, 0) is 11.4 Å². The van der Waals surface area contributed by atoms with E-state index in [-0.39, 0.29) is 151 Å². The maximum Gasteiger partial charge on any atom is 1.00 e. The SMILES string of the molecule is O=S([O-])O.[Br-].[I-].[K+].[Na+].[Na+]. The van der Waals surface area contributed by atoms with Crippen molar-refractivity contribution >= 4 is 11.4 Å². The summed E-state index contributed by atoms with van der Waals surface area (Å²) >= 11 is -2.86. The van der Waals surface area contributed by atoms with Crippen molar-refractivity contribution in [3.8, 4) is 0 Å². The number of hydrogen-bond acceptors (Lipinski definition) is 2. The average Bonchev–Trinajstić information content (AvgIpc) is 0.811. The van der Waals surface area contributed by atoms with Gasteiger partial charge >= 0.3 is 110 Å². The molecule has 0 saturated heterocycles. The third-order valence-electron chi connectivity index (χ3n) is 0. The van der Waals surface area contributed by atoms with Gasteiger partial charge in [-0.25, -0.2) is 4.21 Å². The van der Waals surface area contributed by atoms with Gasteiger partial charge < -0.3 is 50.1 Å². The number of rotatable bonds is 0. The fourth-order valence-corrected chi connectivity index (χ4v) is 0. The predicted octanol–water partition coefficient (Wildman–Crippen LogP) is -15.6. The number of halogens is 2. The van der Waals surface area contributed by atoms with Crippen LogP contribution in [0.1, 0.15) is 0 Å². The molecule has 0 aromatic rings. The summed E-state index contributed by atoms with van der Waals surface area (Å²) in [4.78, 5) is 0. The molecule has 0 amide bonds. The molecule has 0 saturated carbocycles. The fraction of sp³-hybridized carbons (Fsp3) is 0. The van der Waals surface area contributed by atoms with Gasteiger partial charge in [-0.1, -0.05) is 0 Å². The van der Waals surface area contributed by atoms with E-state index < -0.39 is 11.4 Å². The van der Waals surface area contributed by atoms with Crippen LogP contribution >= 0.6 is 0 Å². The zero-order chi connectivity index (χ0) is 3.58. The molecule has 0 aliphatic rings. The van der Waals surface area contributed by atoms with Crippen LogP contribution in [0.15, 0.2) is 0 Å². The summed E-state index contributed by atoms with van der Waals surface area (Å²) in [6.07, 6.45) is 0. The van der Waals surface area contributed by atoms with Crippen molar-refractivity contribution in [3.05, 3.63) is 0 Å². The van der Waals surface area contributed by atoms with E-state index in [0.717, 1.165) is 0 Å². The van der Waals surface area contributed by atoms with E-state index in [0.29, 0.717) is 0 Å². The Morgan fingerprint density at radius 1 is 1.33 bits per heavy atom. The molecule has 0 aromatic carbocycles. The van der Waals surface area contributed by atoms with Crippen molar-refractivity contribution in [1.29, 1.82) is 0 Å². The molecule has 42 valence electrons. The van der Waals surface area contributed by atoms with Crippen molar-refractivity contribution < 1.29 is 165 Å². The van der Waals surface area contributed by atoms with Crippen LogP contribution in [0.4, 0.5) is 0 Å². The molecule has 0 aliphatic carbocycles. The zero-order valence-corrected chi connectivity index (χ0v) is 17.1. The van der Waals surface area contributed by atoms with Crippen molar-refractivity contribution in [2.75, 3.05) is 0 Å². The minimum atomic E-state index is -2.86. The van der Waals surface area contributed by atoms with Gasteiger partial charge in [0.05, 0.1) is 11.4 Å². The van der Waals surface area contributed by atoms with Gasteiger partial charge in [0.25, 0.3) is 0 Å². The van der Waals surface area contributed by atoms with Gasteiger partial charge in [0.15, 0.2) is 0 Å². The van der Waals surface area contributed by atoms with Crippen LogP contribution in [0, 0.1) is 0 Å². The third kappa shape index (κ3) is 63.7. The molecule has 1 atom stereocenters. The van der Waals surface area contributed by atoms with E-state index in [1.807, 2.05) is 0 Å². The Bertz CT molecular complexity index is 44.8. The molecular formula is HBrIKNa2O3S. The summed E-state index contributed by atoms with van der Waals surface area (Å²) in [5.41, 5.74) is 0. The van der Waals surface area contributed by atoms with Gasteiger partial charge in [-0.05, 0) is 0 Å². The van der Waals surface area contributed by atoms with Crippen LogP contribution in [0.5, 0.6) is 0 Å². The summed E-state index contributed by atoms with van der Waals surface area (Å²) in [6, 6.07) is 0. The van der Waals surface area contributed by atoms with Crippen molar-refractivity contribution in [2.45, 2.75) is 0 Å². The molecule has 0 bridgehead atoms. The molecule has 9 heavy (non-hydrogen) atoms. The Morgan fingerprint density at radius 3 is 1.33 bits per heavy atom. The molecule has 0 rings (SSSR count). The average molecular weight is 373 g/mol. The molecule has 9 heteroatoms. The Hall–Kier alpha value is 4.92. The van der Waals surface area contributed by atoms with Crippen LogP contribution in [-0.4, -0.2) is 13.3 Å². The van der Waals surface area contributed by atoms with E-state index in [1.165, 1.54) is 0 Å². The minimum absolute atomic E-state index is 0. The summed E-state index contributed by atoms with van der Waals surface area (Å²) in [5.74, 6) is 0. The second kappa shape index (κ2) is 29.3. The minimum Gasteiger partial charge on any atom is -1.00 e. The van der Waals surface area contributed by atoms with Gasteiger partial charge in [0.1, 0.15) is 0 Å². The number of hydrogen-bond donors (Lipinski definition) is 1. The quantitative estimate of drug-likeness (QED) is 0.261. The molecule has 0 aromatic heterocycles. The first-order valence-electron chi connectivity index (χ1n) is 0.516. The van der Waals surface area contributed by atoms with E-state index >= 15 is 0 Å². The molecule has 0 radical (unpaired) electrons. The van der Waals surface area contributed by atoms with Crippen LogP contribution < -0.4 is 151 Å². The van der Waals surface area contributed by atoms with Crippen molar-refractivity contribution in [1.82, 2.24) is 0 Å². The molecule has 0 aliphatic heterocycles. The third-order valence-corrected chi connectivity index (χ3v) is 0. The largest absolute Gasteiger partial charge is 1.00 e. The Balaban J connectivity index is -0.00000000450. The Morgan fingerprint density at radius 2 is 1.33 bits per heavy atom. The fourth-order valence-electron chi connectivity index (χ4n) is 0.